The smallest absolute Gasteiger partial charge is 0.306 e. The van der Waals surface area contributed by atoms with Crippen molar-refractivity contribution < 1.29 is 9.90 Å². The first-order valence-electron chi connectivity index (χ1n) is 8.70. The molecular formula is C19H28ClNO2. The molecule has 0 bridgehead atoms. The van der Waals surface area contributed by atoms with Gasteiger partial charge < -0.3 is 10.4 Å². The van der Waals surface area contributed by atoms with Crippen molar-refractivity contribution in [2.24, 2.45) is 11.8 Å². The molecular weight excluding hydrogens is 310 g/mol. The van der Waals surface area contributed by atoms with E-state index in [-0.39, 0.29) is 5.92 Å². The minimum atomic E-state index is -0.641. The molecule has 0 aliphatic heterocycles. The maximum Gasteiger partial charge on any atom is 0.306 e. The Balaban J connectivity index is 1.97. The largest absolute Gasteiger partial charge is 0.481 e. The van der Waals surface area contributed by atoms with E-state index in [1.54, 1.807) is 0 Å². The fourth-order valence-corrected chi connectivity index (χ4v) is 3.46. The van der Waals surface area contributed by atoms with Crippen LogP contribution in [0, 0.1) is 11.8 Å². The molecule has 0 amide bonds. The lowest BCUT2D eigenvalue weighted by Crippen LogP contribution is -2.37. The van der Waals surface area contributed by atoms with Gasteiger partial charge in [-0.25, -0.2) is 0 Å². The number of aliphatic carboxylic acids is 1. The molecule has 1 aromatic carbocycles. The predicted octanol–water partition coefficient (Wildman–Crippen LogP) is 5.05. The Morgan fingerprint density at radius 3 is 2.30 bits per heavy atom. The molecule has 1 aliphatic rings. The van der Waals surface area contributed by atoms with Gasteiger partial charge in [-0.2, -0.15) is 0 Å². The SMILES string of the molecule is CC(C)CCC(NC1CCC(C(=O)O)CC1)c1ccc(Cl)cc1. The van der Waals surface area contributed by atoms with Crippen LogP contribution in [0.3, 0.4) is 0 Å². The minimum absolute atomic E-state index is 0.155. The predicted molar refractivity (Wildman–Crippen MR) is 94.8 cm³/mol. The van der Waals surface area contributed by atoms with Crippen LogP contribution in [0.15, 0.2) is 24.3 Å². The molecule has 0 radical (unpaired) electrons. The molecule has 1 atom stereocenters. The third-order valence-corrected chi connectivity index (χ3v) is 5.07. The zero-order chi connectivity index (χ0) is 16.8. The van der Waals surface area contributed by atoms with Gasteiger partial charge >= 0.3 is 5.97 Å². The molecule has 0 spiro atoms. The van der Waals surface area contributed by atoms with E-state index in [2.05, 4.69) is 31.3 Å². The summed E-state index contributed by atoms with van der Waals surface area (Å²) in [6.07, 6.45) is 5.73. The quantitative estimate of drug-likeness (QED) is 0.732. The maximum absolute atomic E-state index is 11.1. The lowest BCUT2D eigenvalue weighted by Gasteiger charge is -2.31. The van der Waals surface area contributed by atoms with Gasteiger partial charge in [0.1, 0.15) is 0 Å². The van der Waals surface area contributed by atoms with E-state index in [0.717, 1.165) is 37.1 Å². The van der Waals surface area contributed by atoms with E-state index in [4.69, 9.17) is 16.7 Å². The Bertz CT molecular complexity index is 493. The highest BCUT2D eigenvalue weighted by molar-refractivity contribution is 6.30. The molecule has 3 nitrogen and oxygen atoms in total. The second-order valence-corrected chi connectivity index (χ2v) is 7.57. The van der Waals surface area contributed by atoms with Crippen molar-refractivity contribution in [1.82, 2.24) is 5.32 Å². The third-order valence-electron chi connectivity index (χ3n) is 4.82. The Kier molecular flexibility index (Phi) is 6.91. The number of rotatable bonds is 7. The van der Waals surface area contributed by atoms with E-state index >= 15 is 0 Å². The first-order valence-corrected chi connectivity index (χ1v) is 9.07. The van der Waals surface area contributed by atoms with Crippen molar-refractivity contribution >= 4 is 17.6 Å². The molecule has 0 heterocycles. The van der Waals surface area contributed by atoms with E-state index in [1.165, 1.54) is 12.0 Å². The molecule has 1 fully saturated rings. The standard InChI is InChI=1S/C19H28ClNO2/c1-13(2)3-12-18(14-4-8-16(20)9-5-14)21-17-10-6-15(7-11-17)19(22)23/h4-5,8-9,13,15,17-18,21H,3,6-7,10-12H2,1-2H3,(H,22,23). The number of carboxylic acids is 1. The summed E-state index contributed by atoms with van der Waals surface area (Å²) in [5.74, 6) is -0.121. The minimum Gasteiger partial charge on any atom is -0.481 e. The van der Waals surface area contributed by atoms with E-state index in [1.807, 2.05) is 12.1 Å². The van der Waals surface area contributed by atoms with E-state index in [0.29, 0.717) is 18.0 Å². The van der Waals surface area contributed by atoms with Gasteiger partial charge in [-0.15, -0.1) is 0 Å². The van der Waals surface area contributed by atoms with Crippen molar-refractivity contribution in [1.29, 1.82) is 0 Å². The Morgan fingerprint density at radius 1 is 1.17 bits per heavy atom. The van der Waals surface area contributed by atoms with Crippen LogP contribution >= 0.6 is 11.6 Å². The van der Waals surface area contributed by atoms with Crippen LogP contribution in [-0.2, 0) is 4.79 Å². The number of benzene rings is 1. The molecule has 1 unspecified atom stereocenters. The van der Waals surface area contributed by atoms with Gasteiger partial charge in [-0.05, 0) is 62.1 Å². The van der Waals surface area contributed by atoms with Crippen molar-refractivity contribution in [3.8, 4) is 0 Å². The summed E-state index contributed by atoms with van der Waals surface area (Å²) in [5.41, 5.74) is 1.27. The van der Waals surface area contributed by atoms with Gasteiger partial charge in [0.05, 0.1) is 5.92 Å². The zero-order valence-electron chi connectivity index (χ0n) is 14.1. The molecule has 1 aromatic rings. The van der Waals surface area contributed by atoms with Crippen LogP contribution in [0.5, 0.6) is 0 Å². The number of nitrogens with one attached hydrogen (secondary N) is 1. The molecule has 2 N–H and O–H groups in total. The molecule has 1 saturated carbocycles. The number of hydrogen-bond acceptors (Lipinski definition) is 2. The molecule has 1 aliphatic carbocycles. The molecule has 2 rings (SSSR count). The first-order chi connectivity index (χ1) is 11.0. The first kappa shape index (κ1) is 18.3. The van der Waals surface area contributed by atoms with Crippen molar-refractivity contribution in [2.75, 3.05) is 0 Å². The van der Waals surface area contributed by atoms with Crippen LogP contribution in [0.1, 0.15) is 64.0 Å². The van der Waals surface area contributed by atoms with Gasteiger partial charge in [-0.3, -0.25) is 4.79 Å². The second kappa shape index (κ2) is 8.70. The van der Waals surface area contributed by atoms with Crippen LogP contribution in [0.2, 0.25) is 5.02 Å². The van der Waals surface area contributed by atoms with Gasteiger partial charge in [0.15, 0.2) is 0 Å². The zero-order valence-corrected chi connectivity index (χ0v) is 14.9. The monoisotopic (exact) mass is 337 g/mol. The number of carbonyl (C=O) groups is 1. The molecule has 0 aromatic heterocycles. The van der Waals surface area contributed by atoms with Crippen molar-refractivity contribution in [3.05, 3.63) is 34.9 Å². The van der Waals surface area contributed by atoms with Crippen LogP contribution in [-0.4, -0.2) is 17.1 Å². The highest BCUT2D eigenvalue weighted by Gasteiger charge is 2.27. The highest BCUT2D eigenvalue weighted by atomic mass is 35.5. The highest BCUT2D eigenvalue weighted by Crippen LogP contribution is 2.29. The van der Waals surface area contributed by atoms with Gasteiger partial charge in [0.2, 0.25) is 0 Å². The van der Waals surface area contributed by atoms with Gasteiger partial charge in [0.25, 0.3) is 0 Å². The number of carboxylic acid groups (broad SMARTS) is 1. The molecule has 0 saturated heterocycles. The molecule has 128 valence electrons. The van der Waals surface area contributed by atoms with Crippen molar-refractivity contribution in [2.45, 2.75) is 64.5 Å². The van der Waals surface area contributed by atoms with Crippen LogP contribution in [0.25, 0.3) is 0 Å². The summed E-state index contributed by atoms with van der Waals surface area (Å²) >= 11 is 6.01. The Morgan fingerprint density at radius 2 is 1.78 bits per heavy atom. The molecule has 23 heavy (non-hydrogen) atoms. The Labute approximate surface area is 144 Å². The van der Waals surface area contributed by atoms with Crippen molar-refractivity contribution in [3.63, 3.8) is 0 Å². The molecule has 4 heteroatoms. The summed E-state index contributed by atoms with van der Waals surface area (Å²) in [6, 6.07) is 8.83. The number of halogens is 1. The average molecular weight is 338 g/mol. The van der Waals surface area contributed by atoms with Crippen LogP contribution < -0.4 is 5.32 Å². The Hall–Kier alpha value is -1.06. The summed E-state index contributed by atoms with van der Waals surface area (Å²) < 4.78 is 0. The lowest BCUT2D eigenvalue weighted by atomic mass is 9.85. The second-order valence-electron chi connectivity index (χ2n) is 7.13. The fourth-order valence-electron chi connectivity index (χ4n) is 3.33. The van der Waals surface area contributed by atoms with Crippen LogP contribution in [0.4, 0.5) is 0 Å². The normalized spacial score (nSPS) is 23.0. The van der Waals surface area contributed by atoms with Gasteiger partial charge in [-0.1, -0.05) is 37.6 Å². The lowest BCUT2D eigenvalue weighted by molar-refractivity contribution is -0.142. The number of hydrogen-bond donors (Lipinski definition) is 2. The summed E-state index contributed by atoms with van der Waals surface area (Å²) in [7, 11) is 0. The van der Waals surface area contributed by atoms with Gasteiger partial charge in [0, 0.05) is 17.1 Å². The fraction of sp³-hybridized carbons (Fsp3) is 0.632. The third kappa shape index (κ3) is 5.82. The summed E-state index contributed by atoms with van der Waals surface area (Å²) in [6.45, 7) is 4.49. The summed E-state index contributed by atoms with van der Waals surface area (Å²) in [4.78, 5) is 11.1. The topological polar surface area (TPSA) is 49.3 Å². The van der Waals surface area contributed by atoms with E-state index < -0.39 is 5.97 Å². The summed E-state index contributed by atoms with van der Waals surface area (Å²) in [5, 5.41) is 13.7. The average Bonchev–Trinajstić information content (AvgIpc) is 2.52. The van der Waals surface area contributed by atoms with E-state index in [9.17, 15) is 4.79 Å². The maximum atomic E-state index is 11.1.